The Morgan fingerprint density at radius 3 is 2.43 bits per heavy atom. The summed E-state index contributed by atoms with van der Waals surface area (Å²) < 4.78 is 23.0. The molecule has 4 N–H and O–H groups in total. The molecule has 2 aromatic rings. The van der Waals surface area contributed by atoms with Gasteiger partial charge in [0.05, 0.1) is 11.4 Å². The van der Waals surface area contributed by atoms with Crippen LogP contribution in [0.2, 0.25) is 0 Å². The van der Waals surface area contributed by atoms with E-state index in [4.69, 9.17) is 5.14 Å². The molecule has 2 aromatic carbocycles. The normalized spacial score (nSPS) is 11.5. The van der Waals surface area contributed by atoms with Gasteiger partial charge in [-0.2, -0.15) is 0 Å². The Morgan fingerprint density at radius 1 is 1.07 bits per heavy atom. The predicted octanol–water partition coefficient (Wildman–Crippen LogP) is 2.92. The second kappa shape index (κ2) is 13.5. The highest BCUT2D eigenvalue weighted by atomic mass is 127. The highest BCUT2D eigenvalue weighted by Gasteiger charge is 2.08. The lowest BCUT2D eigenvalue weighted by Gasteiger charge is -2.23. The van der Waals surface area contributed by atoms with Crippen molar-refractivity contribution in [3.8, 4) is 0 Å². The summed E-state index contributed by atoms with van der Waals surface area (Å²) in [5.74, 6) is 0.705. The van der Waals surface area contributed by atoms with Gasteiger partial charge >= 0.3 is 0 Å². The summed E-state index contributed by atoms with van der Waals surface area (Å²) in [6.07, 6.45) is 0.966. The molecule has 0 aliphatic heterocycles. The molecule has 0 radical (unpaired) electrons. The predicted molar refractivity (Wildman–Crippen MR) is 135 cm³/mol. The number of rotatable bonds is 10. The number of sulfonamides is 1. The van der Waals surface area contributed by atoms with E-state index in [1.54, 1.807) is 12.1 Å². The van der Waals surface area contributed by atoms with Crippen molar-refractivity contribution in [2.75, 3.05) is 31.1 Å². The van der Waals surface area contributed by atoms with Gasteiger partial charge in [-0.25, -0.2) is 18.5 Å². The van der Waals surface area contributed by atoms with E-state index >= 15 is 0 Å². The first-order valence-corrected chi connectivity index (χ1v) is 11.4. The number of hydrogen-bond acceptors (Lipinski definition) is 4. The van der Waals surface area contributed by atoms with Gasteiger partial charge in [0.2, 0.25) is 10.0 Å². The van der Waals surface area contributed by atoms with Gasteiger partial charge in [0.1, 0.15) is 0 Å². The molecule has 0 aliphatic rings. The Balaban J connectivity index is 0.00000450. The van der Waals surface area contributed by atoms with E-state index in [1.165, 1.54) is 11.8 Å². The van der Waals surface area contributed by atoms with Gasteiger partial charge < -0.3 is 15.5 Å². The molecule has 0 bridgehead atoms. The van der Waals surface area contributed by atoms with Gasteiger partial charge in [0.15, 0.2) is 5.96 Å². The summed E-state index contributed by atoms with van der Waals surface area (Å²) in [6.45, 7) is 7.96. The average molecular weight is 545 g/mol. The number of para-hydroxylation sites is 1. The summed E-state index contributed by atoms with van der Waals surface area (Å²) >= 11 is 0. The summed E-state index contributed by atoms with van der Waals surface area (Å²) in [5, 5.41) is 11.7. The Labute approximate surface area is 197 Å². The van der Waals surface area contributed by atoms with Crippen molar-refractivity contribution in [3.63, 3.8) is 0 Å². The first kappa shape index (κ1) is 26.2. The van der Waals surface area contributed by atoms with Gasteiger partial charge in [0, 0.05) is 31.9 Å². The molecule has 166 valence electrons. The van der Waals surface area contributed by atoms with Crippen LogP contribution in [0.5, 0.6) is 0 Å². The fourth-order valence-corrected chi connectivity index (χ4v) is 3.50. The van der Waals surface area contributed by atoms with E-state index in [0.717, 1.165) is 38.2 Å². The maximum atomic E-state index is 11.5. The molecule has 0 aromatic heterocycles. The van der Waals surface area contributed by atoms with Crippen molar-refractivity contribution in [2.45, 2.75) is 31.7 Å². The molecule has 2 rings (SSSR count). The maximum Gasteiger partial charge on any atom is 0.238 e. The molecule has 0 unspecified atom stereocenters. The third kappa shape index (κ3) is 8.88. The van der Waals surface area contributed by atoms with Crippen molar-refractivity contribution in [1.29, 1.82) is 0 Å². The first-order valence-electron chi connectivity index (χ1n) is 9.88. The zero-order valence-corrected chi connectivity index (χ0v) is 20.7. The van der Waals surface area contributed by atoms with Crippen LogP contribution in [-0.2, 0) is 16.6 Å². The zero-order chi connectivity index (χ0) is 21.1. The van der Waals surface area contributed by atoms with Crippen LogP contribution in [0.3, 0.4) is 0 Å². The molecule has 30 heavy (non-hydrogen) atoms. The maximum absolute atomic E-state index is 11.5. The summed E-state index contributed by atoms with van der Waals surface area (Å²) in [5.41, 5.74) is 2.01. The van der Waals surface area contributed by atoms with E-state index in [1.807, 2.05) is 19.1 Å². The molecule has 7 nitrogen and oxygen atoms in total. The van der Waals surface area contributed by atoms with Gasteiger partial charge in [-0.1, -0.05) is 30.3 Å². The summed E-state index contributed by atoms with van der Waals surface area (Å²) in [7, 11) is -3.71. The molecule has 0 heterocycles. The van der Waals surface area contributed by atoms with Crippen LogP contribution in [0.25, 0.3) is 0 Å². The lowest BCUT2D eigenvalue weighted by atomic mass is 10.2. The van der Waals surface area contributed by atoms with Crippen molar-refractivity contribution in [3.05, 3.63) is 60.2 Å². The number of hydrogen-bond donors (Lipinski definition) is 3. The largest absolute Gasteiger partial charge is 0.372 e. The lowest BCUT2D eigenvalue weighted by molar-refractivity contribution is 0.597. The zero-order valence-electron chi connectivity index (χ0n) is 17.5. The minimum atomic E-state index is -3.71. The Hall–Kier alpha value is -1.85. The van der Waals surface area contributed by atoms with Crippen molar-refractivity contribution >= 4 is 45.6 Å². The average Bonchev–Trinajstić information content (AvgIpc) is 2.72. The number of nitrogens with zero attached hydrogens (tertiary/aromatic N) is 2. The lowest BCUT2D eigenvalue weighted by Crippen LogP contribution is -2.38. The van der Waals surface area contributed by atoms with Gasteiger partial charge in [-0.3, -0.25) is 0 Å². The SMILES string of the molecule is CCNC(=NCc1cccc(S(N)(=O)=O)c1)NCCCN(CC)c1ccccc1.I. The number of guanidine groups is 1. The van der Waals surface area contributed by atoms with Crippen molar-refractivity contribution in [2.24, 2.45) is 10.1 Å². The van der Waals surface area contributed by atoms with E-state index < -0.39 is 10.0 Å². The van der Waals surface area contributed by atoms with Crippen LogP contribution in [0, 0.1) is 0 Å². The minimum absolute atomic E-state index is 0. The Kier molecular flexibility index (Phi) is 11.7. The quantitative estimate of drug-likeness (QED) is 0.185. The molecule has 0 fully saturated rings. The van der Waals surface area contributed by atoms with E-state index in [9.17, 15) is 8.42 Å². The number of nitrogens with one attached hydrogen (secondary N) is 2. The van der Waals surface area contributed by atoms with Gasteiger partial charge in [-0.15, -0.1) is 24.0 Å². The Morgan fingerprint density at radius 2 is 1.80 bits per heavy atom. The number of primary sulfonamides is 1. The van der Waals surface area contributed by atoms with Crippen LogP contribution in [0.4, 0.5) is 5.69 Å². The van der Waals surface area contributed by atoms with Crippen molar-refractivity contribution < 1.29 is 8.42 Å². The highest BCUT2D eigenvalue weighted by Crippen LogP contribution is 2.13. The number of anilines is 1. The summed E-state index contributed by atoms with van der Waals surface area (Å²) in [4.78, 5) is 6.99. The second-order valence-corrected chi connectivity index (χ2v) is 8.14. The fourth-order valence-electron chi connectivity index (χ4n) is 2.92. The standard InChI is InChI=1S/C21H31N5O2S.HI/c1-3-23-21(25-17-18-10-8-13-20(16-18)29(22,27)28)24-14-9-15-26(4-2)19-11-6-5-7-12-19;/h5-8,10-13,16H,3-4,9,14-15,17H2,1-2H3,(H2,22,27,28)(H2,23,24,25);1H. The molecule has 0 aliphatic carbocycles. The molecule has 0 atom stereocenters. The number of benzene rings is 2. The number of nitrogens with two attached hydrogens (primary N) is 1. The number of aliphatic imine (C=N–C) groups is 1. The first-order chi connectivity index (χ1) is 13.9. The fraction of sp³-hybridized carbons (Fsp3) is 0.381. The Bertz CT molecular complexity index is 891. The van der Waals surface area contributed by atoms with Gasteiger partial charge in [-0.05, 0) is 50.1 Å². The third-order valence-electron chi connectivity index (χ3n) is 4.39. The van der Waals surface area contributed by atoms with Gasteiger partial charge in [0.25, 0.3) is 0 Å². The third-order valence-corrected chi connectivity index (χ3v) is 5.30. The van der Waals surface area contributed by atoms with E-state index in [0.29, 0.717) is 12.5 Å². The molecule has 0 saturated heterocycles. The minimum Gasteiger partial charge on any atom is -0.372 e. The van der Waals surface area contributed by atoms with Crippen LogP contribution < -0.4 is 20.7 Å². The smallest absolute Gasteiger partial charge is 0.238 e. The van der Waals surface area contributed by atoms with E-state index in [2.05, 4.69) is 51.7 Å². The monoisotopic (exact) mass is 545 g/mol. The molecule has 9 heteroatoms. The van der Waals surface area contributed by atoms with Crippen molar-refractivity contribution in [1.82, 2.24) is 10.6 Å². The number of halogens is 1. The second-order valence-electron chi connectivity index (χ2n) is 6.58. The molecular weight excluding hydrogens is 513 g/mol. The molecule has 0 amide bonds. The van der Waals surface area contributed by atoms with Crippen LogP contribution >= 0.6 is 24.0 Å². The topological polar surface area (TPSA) is 99.8 Å². The summed E-state index contributed by atoms with van der Waals surface area (Å²) in [6, 6.07) is 16.9. The highest BCUT2D eigenvalue weighted by molar-refractivity contribution is 14.0. The molecular formula is C21H32IN5O2S. The van der Waals surface area contributed by atoms with Crippen LogP contribution in [0.1, 0.15) is 25.8 Å². The van der Waals surface area contributed by atoms with Crippen LogP contribution in [0.15, 0.2) is 64.5 Å². The molecule has 0 spiro atoms. The molecule has 0 saturated carbocycles. The van der Waals surface area contributed by atoms with Crippen LogP contribution in [-0.4, -0.2) is 40.6 Å². The van der Waals surface area contributed by atoms with E-state index in [-0.39, 0.29) is 28.9 Å².